The molecule has 4 nitrogen and oxygen atoms in total. The maximum atomic E-state index is 7.40. The average Bonchev–Trinajstić information content (AvgIpc) is 3.47. The molecular formula is C57H42N2O2. The molecular weight excluding hydrogens is 745 g/mol. The van der Waals surface area contributed by atoms with Crippen LogP contribution in [0.25, 0.3) is 39.0 Å². The first-order chi connectivity index (χ1) is 30.2. The van der Waals surface area contributed by atoms with E-state index in [4.69, 9.17) is 14.5 Å². The maximum Gasteiger partial charge on any atom is 0.159 e. The largest absolute Gasteiger partial charge is 0.453 e. The van der Waals surface area contributed by atoms with E-state index < -0.39 is 0 Å². The highest BCUT2D eigenvalue weighted by atomic mass is 16.5. The van der Waals surface area contributed by atoms with Crippen LogP contribution in [0.15, 0.2) is 193 Å². The molecule has 0 bridgehead atoms. The van der Waals surface area contributed by atoms with Gasteiger partial charge in [-0.2, -0.15) is 0 Å². The van der Waals surface area contributed by atoms with Crippen molar-refractivity contribution in [2.75, 3.05) is 4.90 Å². The highest BCUT2D eigenvalue weighted by Gasteiger charge is 2.40. The van der Waals surface area contributed by atoms with Crippen LogP contribution in [0.2, 0.25) is 0 Å². The normalized spacial score (nSPS) is 17.3. The number of rotatable bonds is 5. The molecule has 4 aliphatic rings. The number of hydrogen-bond donors (Lipinski definition) is 0. The molecule has 0 N–H and O–H groups in total. The molecule has 292 valence electrons. The lowest BCUT2D eigenvalue weighted by atomic mass is 9.82. The highest BCUT2D eigenvalue weighted by Crippen LogP contribution is 2.64. The van der Waals surface area contributed by atoms with Crippen molar-refractivity contribution in [3.8, 4) is 56.4 Å². The van der Waals surface area contributed by atoms with Crippen LogP contribution in [0.3, 0.4) is 0 Å². The number of para-hydroxylation sites is 1. The summed E-state index contributed by atoms with van der Waals surface area (Å²) < 4.78 is 14.5. The highest BCUT2D eigenvalue weighted by molar-refractivity contribution is 6.03. The van der Waals surface area contributed by atoms with E-state index in [1.54, 1.807) is 0 Å². The summed E-state index contributed by atoms with van der Waals surface area (Å²) in [4.78, 5) is 7.74. The van der Waals surface area contributed by atoms with Gasteiger partial charge in [0.05, 0.1) is 17.1 Å². The van der Waals surface area contributed by atoms with Crippen LogP contribution in [0, 0.1) is 0 Å². The van der Waals surface area contributed by atoms with Crippen molar-refractivity contribution in [1.29, 1.82) is 0 Å². The maximum absolute atomic E-state index is 7.40. The van der Waals surface area contributed by atoms with Gasteiger partial charge in [0.2, 0.25) is 0 Å². The van der Waals surface area contributed by atoms with E-state index in [0.29, 0.717) is 0 Å². The third-order valence-electron chi connectivity index (χ3n) is 12.9. The quantitative estimate of drug-likeness (QED) is 0.174. The predicted octanol–water partition coefficient (Wildman–Crippen LogP) is 15.8. The van der Waals surface area contributed by atoms with Gasteiger partial charge >= 0.3 is 0 Å². The van der Waals surface area contributed by atoms with Crippen LogP contribution in [-0.4, -0.2) is 5.71 Å². The number of benzene rings is 8. The molecule has 0 saturated carbocycles. The Balaban J connectivity index is 1.04. The smallest absolute Gasteiger partial charge is 0.159 e. The molecule has 3 aliphatic heterocycles. The van der Waals surface area contributed by atoms with Crippen LogP contribution in [0.5, 0.6) is 23.0 Å². The predicted molar refractivity (Wildman–Crippen MR) is 250 cm³/mol. The van der Waals surface area contributed by atoms with E-state index in [2.05, 4.69) is 193 Å². The number of aliphatic imine (C=N–C) groups is 1. The van der Waals surface area contributed by atoms with E-state index in [1.165, 1.54) is 39.0 Å². The van der Waals surface area contributed by atoms with E-state index in [-0.39, 0.29) is 5.92 Å². The molecule has 0 aromatic heterocycles. The Morgan fingerprint density at radius 2 is 1.11 bits per heavy atom. The standard InChI is InChI=1S/C57H42N2O2/c1-4-15-37(16-5-1)41-29-31-50-52(34-41)60-54-36-47-45-23-11-10-19-39(45)27-28-44(33-43-22-14-26-48(40-20-8-3-9-21-40)58-49-25-13-12-24-46(43)49)55(47)57-56(54)59(50)51-32-30-42(35-53(51)61-57)38-17-6-2-7-18-38/h1-13,15-25,29-32,34-36,44H,14,26-28,33H2/b43-22-,58-48+. The van der Waals surface area contributed by atoms with Crippen molar-refractivity contribution in [1.82, 2.24) is 0 Å². The second kappa shape index (κ2) is 14.7. The number of fused-ring (bicyclic) bond motifs is 9. The minimum absolute atomic E-state index is 0.154. The minimum atomic E-state index is 0.154. The monoisotopic (exact) mass is 786 g/mol. The summed E-state index contributed by atoms with van der Waals surface area (Å²) in [6.45, 7) is 0. The fourth-order valence-corrected chi connectivity index (χ4v) is 9.96. The molecule has 8 aromatic rings. The van der Waals surface area contributed by atoms with Crippen LogP contribution in [0.4, 0.5) is 22.7 Å². The fraction of sp³-hybridized carbons (Fsp3) is 0.105. The van der Waals surface area contributed by atoms with E-state index >= 15 is 0 Å². The van der Waals surface area contributed by atoms with Gasteiger partial charge < -0.3 is 9.47 Å². The summed E-state index contributed by atoms with van der Waals surface area (Å²) in [5, 5.41) is 0. The molecule has 0 radical (unpaired) electrons. The molecule has 0 fully saturated rings. The second-order valence-electron chi connectivity index (χ2n) is 16.5. The third kappa shape index (κ3) is 6.17. The summed E-state index contributed by atoms with van der Waals surface area (Å²) in [7, 11) is 0. The van der Waals surface area contributed by atoms with Crippen molar-refractivity contribution in [2.45, 2.75) is 38.0 Å². The van der Waals surface area contributed by atoms with Gasteiger partial charge in [-0.3, -0.25) is 9.89 Å². The number of ether oxygens (including phenoxy) is 2. The second-order valence-corrected chi connectivity index (χ2v) is 16.5. The lowest BCUT2D eigenvalue weighted by Gasteiger charge is -2.40. The van der Waals surface area contributed by atoms with Gasteiger partial charge in [0.1, 0.15) is 5.69 Å². The van der Waals surface area contributed by atoms with E-state index in [0.717, 1.165) is 106 Å². The molecule has 1 atom stereocenters. The van der Waals surface area contributed by atoms with Crippen molar-refractivity contribution >= 4 is 34.0 Å². The number of nitrogens with zero attached hydrogens (tertiary/aromatic N) is 2. The molecule has 3 heterocycles. The summed E-state index contributed by atoms with van der Waals surface area (Å²) in [5.74, 6) is 3.50. The fourth-order valence-electron chi connectivity index (χ4n) is 9.96. The van der Waals surface area contributed by atoms with Crippen LogP contribution < -0.4 is 14.4 Å². The van der Waals surface area contributed by atoms with Crippen molar-refractivity contribution in [2.24, 2.45) is 4.99 Å². The molecule has 4 heteroatoms. The number of allylic oxidation sites excluding steroid dienone is 2. The number of aryl methyl sites for hydroxylation is 1. The summed E-state index contributed by atoms with van der Waals surface area (Å²) in [5.41, 5.74) is 18.4. The Morgan fingerprint density at radius 1 is 0.508 bits per heavy atom. The molecule has 0 spiro atoms. The molecule has 1 unspecified atom stereocenters. The van der Waals surface area contributed by atoms with E-state index in [1.807, 2.05) is 0 Å². The van der Waals surface area contributed by atoms with Crippen molar-refractivity contribution in [3.05, 3.63) is 210 Å². The van der Waals surface area contributed by atoms with Crippen LogP contribution in [-0.2, 0) is 6.42 Å². The first-order valence-corrected chi connectivity index (χ1v) is 21.5. The Kier molecular flexibility index (Phi) is 8.55. The summed E-state index contributed by atoms with van der Waals surface area (Å²) >= 11 is 0. The van der Waals surface area contributed by atoms with Gasteiger partial charge in [-0.05, 0) is 125 Å². The lowest BCUT2D eigenvalue weighted by molar-refractivity contribution is 0.438. The Labute approximate surface area is 356 Å². The molecule has 12 rings (SSSR count). The van der Waals surface area contributed by atoms with Gasteiger partial charge in [0, 0.05) is 16.8 Å². The zero-order valence-corrected chi connectivity index (χ0v) is 33.7. The van der Waals surface area contributed by atoms with Crippen LogP contribution in [0.1, 0.15) is 53.9 Å². The van der Waals surface area contributed by atoms with E-state index in [9.17, 15) is 0 Å². The first kappa shape index (κ1) is 35.5. The Bertz CT molecular complexity index is 3050. The Morgan fingerprint density at radius 3 is 1.82 bits per heavy atom. The Hall–Kier alpha value is -7.43. The van der Waals surface area contributed by atoms with Gasteiger partial charge in [-0.15, -0.1) is 0 Å². The van der Waals surface area contributed by atoms with Gasteiger partial charge in [0.15, 0.2) is 23.0 Å². The molecule has 0 saturated heterocycles. The molecule has 61 heavy (non-hydrogen) atoms. The number of hydrogen-bond acceptors (Lipinski definition) is 4. The average molecular weight is 787 g/mol. The lowest BCUT2D eigenvalue weighted by Crippen LogP contribution is -2.22. The number of anilines is 3. The van der Waals surface area contributed by atoms with Gasteiger partial charge in [-0.1, -0.05) is 152 Å². The van der Waals surface area contributed by atoms with Gasteiger partial charge in [-0.25, -0.2) is 0 Å². The van der Waals surface area contributed by atoms with Crippen molar-refractivity contribution < 1.29 is 9.47 Å². The molecule has 8 aromatic carbocycles. The minimum Gasteiger partial charge on any atom is -0.453 e. The third-order valence-corrected chi connectivity index (χ3v) is 12.9. The SMILES string of the molecule is C1=C(/CC2CCc3ccccc3-c3cc4c5c(c32)Oc2cc(-c3ccccc3)ccc2N5c2ccc(-c3ccccc3)cc2O4)c2ccccc2/N=C(/c2ccccc2)CC/1. The summed E-state index contributed by atoms with van der Waals surface area (Å²) in [6.07, 6.45) is 7.09. The van der Waals surface area contributed by atoms with Crippen LogP contribution >= 0.6 is 0 Å². The zero-order valence-electron chi connectivity index (χ0n) is 33.7. The molecule has 0 amide bonds. The summed E-state index contributed by atoms with van der Waals surface area (Å²) in [6, 6.07) is 64.9. The first-order valence-electron chi connectivity index (χ1n) is 21.5. The topological polar surface area (TPSA) is 34.1 Å². The van der Waals surface area contributed by atoms with Gasteiger partial charge in [0.25, 0.3) is 0 Å². The van der Waals surface area contributed by atoms with Crippen molar-refractivity contribution in [3.63, 3.8) is 0 Å². The molecule has 1 aliphatic carbocycles. The zero-order chi connectivity index (χ0) is 40.3.